The SMILES string of the molecule is OC(CCc1cccnc1)COc1ccc(-c2cncnc2)cc1. The summed E-state index contributed by atoms with van der Waals surface area (Å²) in [5, 5.41) is 10.0. The molecule has 0 bridgehead atoms. The van der Waals surface area contributed by atoms with E-state index in [4.69, 9.17) is 4.74 Å². The number of rotatable bonds is 7. The lowest BCUT2D eigenvalue weighted by atomic mass is 10.1. The van der Waals surface area contributed by atoms with E-state index < -0.39 is 6.10 Å². The minimum Gasteiger partial charge on any atom is -0.491 e. The average Bonchev–Trinajstić information content (AvgIpc) is 2.67. The summed E-state index contributed by atoms with van der Waals surface area (Å²) in [5.41, 5.74) is 3.10. The third-order valence-corrected chi connectivity index (χ3v) is 3.68. The monoisotopic (exact) mass is 321 g/mol. The Balaban J connectivity index is 1.48. The number of benzene rings is 1. The highest BCUT2D eigenvalue weighted by Crippen LogP contribution is 2.21. The van der Waals surface area contributed by atoms with Crippen LogP contribution >= 0.6 is 0 Å². The van der Waals surface area contributed by atoms with Crippen LogP contribution in [0.4, 0.5) is 0 Å². The third-order valence-electron chi connectivity index (χ3n) is 3.68. The minimum absolute atomic E-state index is 0.272. The molecule has 0 aliphatic heterocycles. The van der Waals surface area contributed by atoms with Gasteiger partial charge in [-0.05, 0) is 42.2 Å². The van der Waals surface area contributed by atoms with Crippen molar-refractivity contribution in [3.05, 3.63) is 73.1 Å². The number of aryl methyl sites for hydroxylation is 1. The first kappa shape index (κ1) is 16.1. The molecule has 3 aromatic rings. The van der Waals surface area contributed by atoms with Gasteiger partial charge in [0.15, 0.2) is 0 Å². The second-order valence-corrected chi connectivity index (χ2v) is 5.52. The second kappa shape index (κ2) is 8.17. The molecule has 3 rings (SSSR count). The van der Waals surface area contributed by atoms with Gasteiger partial charge >= 0.3 is 0 Å². The summed E-state index contributed by atoms with van der Waals surface area (Å²) in [6.45, 7) is 0.272. The summed E-state index contributed by atoms with van der Waals surface area (Å²) in [5.74, 6) is 0.732. The molecule has 1 atom stereocenters. The molecule has 2 heterocycles. The summed E-state index contributed by atoms with van der Waals surface area (Å²) >= 11 is 0. The molecule has 0 saturated carbocycles. The van der Waals surface area contributed by atoms with Gasteiger partial charge in [0.2, 0.25) is 0 Å². The van der Waals surface area contributed by atoms with Crippen LogP contribution < -0.4 is 4.74 Å². The lowest BCUT2D eigenvalue weighted by Crippen LogP contribution is -2.18. The first-order valence-corrected chi connectivity index (χ1v) is 7.86. The van der Waals surface area contributed by atoms with Gasteiger partial charge in [-0.2, -0.15) is 0 Å². The number of pyridine rings is 1. The molecule has 0 aliphatic rings. The Morgan fingerprint density at radius 2 is 1.71 bits per heavy atom. The van der Waals surface area contributed by atoms with Gasteiger partial charge < -0.3 is 9.84 Å². The highest BCUT2D eigenvalue weighted by atomic mass is 16.5. The van der Waals surface area contributed by atoms with Gasteiger partial charge in [-0.1, -0.05) is 18.2 Å². The molecule has 5 nitrogen and oxygen atoms in total. The Morgan fingerprint density at radius 1 is 0.917 bits per heavy atom. The Labute approximate surface area is 141 Å². The summed E-state index contributed by atoms with van der Waals surface area (Å²) in [6.07, 6.45) is 9.53. The van der Waals surface area contributed by atoms with E-state index in [0.29, 0.717) is 6.42 Å². The highest BCUT2D eigenvalue weighted by molar-refractivity contribution is 5.62. The molecule has 2 aromatic heterocycles. The fourth-order valence-electron chi connectivity index (χ4n) is 2.35. The summed E-state index contributed by atoms with van der Waals surface area (Å²) in [4.78, 5) is 12.1. The van der Waals surface area contributed by atoms with Gasteiger partial charge in [0.05, 0.1) is 6.10 Å². The molecule has 1 N–H and O–H groups in total. The van der Waals surface area contributed by atoms with Gasteiger partial charge in [-0.25, -0.2) is 9.97 Å². The predicted molar refractivity (Wildman–Crippen MR) is 91.5 cm³/mol. The highest BCUT2D eigenvalue weighted by Gasteiger charge is 2.06. The van der Waals surface area contributed by atoms with Crippen LogP contribution in [0.25, 0.3) is 11.1 Å². The first-order chi connectivity index (χ1) is 11.8. The maximum Gasteiger partial charge on any atom is 0.119 e. The molecule has 0 amide bonds. The minimum atomic E-state index is -0.507. The quantitative estimate of drug-likeness (QED) is 0.724. The van der Waals surface area contributed by atoms with E-state index in [0.717, 1.165) is 28.9 Å². The van der Waals surface area contributed by atoms with Crippen molar-refractivity contribution in [2.24, 2.45) is 0 Å². The van der Waals surface area contributed by atoms with Crippen molar-refractivity contribution < 1.29 is 9.84 Å². The van der Waals surface area contributed by atoms with Crippen molar-refractivity contribution >= 4 is 0 Å². The van der Waals surface area contributed by atoms with Gasteiger partial charge in [-0.15, -0.1) is 0 Å². The number of nitrogens with zero attached hydrogens (tertiary/aromatic N) is 3. The molecule has 0 aliphatic carbocycles. The van der Waals surface area contributed by atoms with Crippen molar-refractivity contribution in [1.82, 2.24) is 15.0 Å². The van der Waals surface area contributed by atoms with Crippen molar-refractivity contribution in [2.45, 2.75) is 18.9 Å². The predicted octanol–water partition coefficient (Wildman–Crippen LogP) is 2.91. The van der Waals surface area contributed by atoms with Gasteiger partial charge in [0, 0.05) is 30.4 Å². The van der Waals surface area contributed by atoms with Crippen LogP contribution in [0.2, 0.25) is 0 Å². The Morgan fingerprint density at radius 3 is 2.42 bits per heavy atom. The van der Waals surface area contributed by atoms with Crippen LogP contribution in [0, 0.1) is 0 Å². The average molecular weight is 321 g/mol. The number of ether oxygens (including phenoxy) is 1. The van der Waals surface area contributed by atoms with Gasteiger partial charge in [-0.3, -0.25) is 4.98 Å². The largest absolute Gasteiger partial charge is 0.491 e. The topological polar surface area (TPSA) is 68.1 Å². The maximum absolute atomic E-state index is 10.0. The smallest absolute Gasteiger partial charge is 0.119 e. The lowest BCUT2D eigenvalue weighted by molar-refractivity contribution is 0.100. The van der Waals surface area contributed by atoms with E-state index in [-0.39, 0.29) is 6.61 Å². The lowest BCUT2D eigenvalue weighted by Gasteiger charge is -2.12. The van der Waals surface area contributed by atoms with Crippen LogP contribution in [-0.4, -0.2) is 32.8 Å². The Kier molecular flexibility index (Phi) is 5.48. The molecule has 0 saturated heterocycles. The molecule has 1 aromatic carbocycles. The second-order valence-electron chi connectivity index (χ2n) is 5.52. The molecule has 1 unspecified atom stereocenters. The first-order valence-electron chi connectivity index (χ1n) is 7.86. The van der Waals surface area contributed by atoms with E-state index in [9.17, 15) is 5.11 Å². The number of hydrogen-bond donors (Lipinski definition) is 1. The molecule has 0 spiro atoms. The molecule has 24 heavy (non-hydrogen) atoms. The zero-order chi connectivity index (χ0) is 16.6. The molecular formula is C19H19N3O2. The van der Waals surface area contributed by atoms with Gasteiger partial charge in [0.1, 0.15) is 18.7 Å². The van der Waals surface area contributed by atoms with Crippen LogP contribution in [0.5, 0.6) is 5.75 Å². The zero-order valence-electron chi connectivity index (χ0n) is 13.2. The van der Waals surface area contributed by atoms with E-state index in [1.54, 1.807) is 18.6 Å². The molecule has 0 radical (unpaired) electrons. The van der Waals surface area contributed by atoms with Crippen LogP contribution in [0.3, 0.4) is 0 Å². The van der Waals surface area contributed by atoms with E-state index in [1.165, 1.54) is 6.33 Å². The van der Waals surface area contributed by atoms with Crippen molar-refractivity contribution in [1.29, 1.82) is 0 Å². The fourth-order valence-corrected chi connectivity index (χ4v) is 2.35. The van der Waals surface area contributed by atoms with Crippen molar-refractivity contribution in [3.8, 4) is 16.9 Å². The van der Waals surface area contributed by atoms with E-state index in [2.05, 4.69) is 15.0 Å². The number of aliphatic hydroxyl groups excluding tert-OH is 1. The third kappa shape index (κ3) is 4.60. The Bertz CT molecular complexity index is 734. The summed E-state index contributed by atoms with van der Waals surface area (Å²) in [6, 6.07) is 11.6. The summed E-state index contributed by atoms with van der Waals surface area (Å²) in [7, 11) is 0. The van der Waals surface area contributed by atoms with Crippen LogP contribution in [0.15, 0.2) is 67.5 Å². The van der Waals surface area contributed by atoms with Crippen LogP contribution in [-0.2, 0) is 6.42 Å². The Hall–Kier alpha value is -2.79. The normalized spacial score (nSPS) is 11.9. The zero-order valence-corrected chi connectivity index (χ0v) is 13.2. The van der Waals surface area contributed by atoms with Crippen molar-refractivity contribution in [3.63, 3.8) is 0 Å². The summed E-state index contributed by atoms with van der Waals surface area (Å²) < 4.78 is 5.65. The maximum atomic E-state index is 10.0. The molecule has 122 valence electrons. The molecular weight excluding hydrogens is 302 g/mol. The van der Waals surface area contributed by atoms with Crippen LogP contribution in [0.1, 0.15) is 12.0 Å². The van der Waals surface area contributed by atoms with E-state index >= 15 is 0 Å². The van der Waals surface area contributed by atoms with E-state index in [1.807, 2.05) is 42.6 Å². The van der Waals surface area contributed by atoms with Gasteiger partial charge in [0.25, 0.3) is 0 Å². The standard InChI is InChI=1S/C19H19N3O2/c23-18(6-3-15-2-1-9-20-10-15)13-24-19-7-4-16(5-8-19)17-11-21-14-22-12-17/h1-2,4-5,7-12,14,18,23H,3,6,13H2. The number of hydrogen-bond acceptors (Lipinski definition) is 5. The molecule has 5 heteroatoms. The fraction of sp³-hybridized carbons (Fsp3) is 0.211. The molecule has 0 fully saturated rings. The number of aliphatic hydroxyl groups is 1. The van der Waals surface area contributed by atoms with Crippen molar-refractivity contribution in [2.75, 3.05) is 6.61 Å². The number of aromatic nitrogens is 3.